The van der Waals surface area contributed by atoms with Gasteiger partial charge in [0.1, 0.15) is 0 Å². The summed E-state index contributed by atoms with van der Waals surface area (Å²) in [5.74, 6) is 0.124. The second-order valence-electron chi connectivity index (χ2n) is 3.27. The van der Waals surface area contributed by atoms with Gasteiger partial charge in [-0.25, -0.2) is 0 Å². The zero-order chi connectivity index (χ0) is 12.2. The normalized spacial score (nSPS) is 9.88. The number of nitrogens with one attached hydrogen (secondary N) is 2. The average molecular weight is 251 g/mol. The number of carbonyl (C=O) groups excluding carboxylic acids is 2. The summed E-state index contributed by atoms with van der Waals surface area (Å²) in [6, 6.07) is 0. The summed E-state index contributed by atoms with van der Waals surface area (Å²) in [6.45, 7) is 1.20. The Kier molecular flexibility index (Phi) is 10.2. The van der Waals surface area contributed by atoms with Crippen LogP contribution in [-0.4, -0.2) is 44.5 Å². The molecule has 0 aromatic heterocycles. The lowest BCUT2D eigenvalue weighted by Gasteiger charge is -2.06. The lowest BCUT2D eigenvalue weighted by molar-refractivity contribution is -0.126. The number of carbonyl (C=O) groups is 2. The number of hydrogen-bond acceptors (Lipinski definition) is 3. The van der Waals surface area contributed by atoms with E-state index < -0.39 is 0 Å². The Morgan fingerprint density at radius 2 is 1.94 bits per heavy atom. The van der Waals surface area contributed by atoms with Crippen molar-refractivity contribution in [3.8, 4) is 0 Å². The van der Waals surface area contributed by atoms with E-state index in [-0.39, 0.29) is 18.4 Å². The molecule has 16 heavy (non-hydrogen) atoms. The van der Waals surface area contributed by atoms with Crippen molar-refractivity contribution >= 4 is 23.4 Å². The molecule has 94 valence electrons. The van der Waals surface area contributed by atoms with Crippen molar-refractivity contribution in [2.24, 2.45) is 0 Å². The minimum Gasteiger partial charge on any atom is -0.385 e. The Hall–Kier alpha value is -0.810. The molecule has 0 aromatic rings. The van der Waals surface area contributed by atoms with Crippen molar-refractivity contribution < 1.29 is 14.3 Å². The van der Waals surface area contributed by atoms with Crippen molar-refractivity contribution in [3.05, 3.63) is 0 Å². The summed E-state index contributed by atoms with van der Waals surface area (Å²) in [4.78, 5) is 22.3. The summed E-state index contributed by atoms with van der Waals surface area (Å²) >= 11 is 5.44. The zero-order valence-corrected chi connectivity index (χ0v) is 10.3. The number of rotatable bonds is 9. The number of alkyl halides is 1. The van der Waals surface area contributed by atoms with Gasteiger partial charge >= 0.3 is 0 Å². The van der Waals surface area contributed by atoms with Gasteiger partial charge in [0, 0.05) is 32.6 Å². The highest BCUT2D eigenvalue weighted by atomic mass is 35.5. The zero-order valence-electron chi connectivity index (χ0n) is 9.55. The first-order valence-electron chi connectivity index (χ1n) is 5.29. The van der Waals surface area contributed by atoms with E-state index in [1.165, 1.54) is 0 Å². The predicted octanol–water partition coefficient (Wildman–Crippen LogP) is 0.274. The molecule has 2 N–H and O–H groups in total. The molecule has 0 saturated carbocycles. The summed E-state index contributed by atoms with van der Waals surface area (Å²) < 4.78 is 4.83. The van der Waals surface area contributed by atoms with Crippen molar-refractivity contribution in [3.63, 3.8) is 0 Å². The molecule has 5 nitrogen and oxygen atoms in total. The third-order valence-corrected chi connectivity index (χ3v) is 2.10. The van der Waals surface area contributed by atoms with E-state index in [9.17, 15) is 9.59 Å². The van der Waals surface area contributed by atoms with Gasteiger partial charge < -0.3 is 15.4 Å². The van der Waals surface area contributed by atoms with Crippen LogP contribution < -0.4 is 10.6 Å². The van der Waals surface area contributed by atoms with Crippen LogP contribution in [0.1, 0.15) is 19.3 Å². The highest BCUT2D eigenvalue weighted by Gasteiger charge is 2.04. The first-order valence-corrected chi connectivity index (χ1v) is 5.82. The number of ether oxygens (including phenoxy) is 1. The Morgan fingerprint density at radius 1 is 1.19 bits per heavy atom. The Bertz CT molecular complexity index is 212. The number of halogens is 1. The van der Waals surface area contributed by atoms with Crippen molar-refractivity contribution in [1.29, 1.82) is 0 Å². The third-order valence-electron chi connectivity index (χ3n) is 1.83. The van der Waals surface area contributed by atoms with Crippen LogP contribution in [0.5, 0.6) is 0 Å². The smallest absolute Gasteiger partial charge is 0.239 e. The Morgan fingerprint density at radius 3 is 2.56 bits per heavy atom. The van der Waals surface area contributed by atoms with E-state index in [1.54, 1.807) is 7.11 Å². The van der Waals surface area contributed by atoms with Crippen LogP contribution in [0.15, 0.2) is 0 Å². The summed E-state index contributed by atoms with van der Waals surface area (Å²) in [5.41, 5.74) is 0. The third kappa shape index (κ3) is 9.73. The van der Waals surface area contributed by atoms with Crippen LogP contribution in [0.2, 0.25) is 0 Å². The van der Waals surface area contributed by atoms with Gasteiger partial charge in [-0.3, -0.25) is 9.59 Å². The standard InChI is InChI=1S/C10H19ClN2O3/c1-16-7-3-6-12-10(15)8-13-9(14)4-2-5-11/h2-8H2,1H3,(H,12,15)(H,13,14). The molecule has 2 amide bonds. The van der Waals surface area contributed by atoms with Crippen molar-refractivity contribution in [1.82, 2.24) is 10.6 Å². The molecule has 0 bridgehead atoms. The van der Waals surface area contributed by atoms with Crippen LogP contribution in [0, 0.1) is 0 Å². The van der Waals surface area contributed by atoms with Crippen molar-refractivity contribution in [2.75, 3.05) is 32.7 Å². The predicted molar refractivity (Wildman–Crippen MR) is 62.5 cm³/mol. The maximum Gasteiger partial charge on any atom is 0.239 e. The topological polar surface area (TPSA) is 67.4 Å². The quantitative estimate of drug-likeness (QED) is 0.456. The van der Waals surface area contributed by atoms with Crippen molar-refractivity contribution in [2.45, 2.75) is 19.3 Å². The minimum atomic E-state index is -0.185. The monoisotopic (exact) mass is 250 g/mol. The average Bonchev–Trinajstić information content (AvgIpc) is 2.29. The molecule has 0 radical (unpaired) electrons. The second kappa shape index (κ2) is 10.7. The molecule has 0 aliphatic heterocycles. The van der Waals surface area contributed by atoms with E-state index in [4.69, 9.17) is 16.3 Å². The lowest BCUT2D eigenvalue weighted by atomic mass is 10.3. The maximum absolute atomic E-state index is 11.2. The fourth-order valence-electron chi connectivity index (χ4n) is 1.00. The first-order chi connectivity index (χ1) is 7.70. The highest BCUT2D eigenvalue weighted by Crippen LogP contribution is 1.90. The molecule has 6 heteroatoms. The minimum absolute atomic E-state index is 0.0219. The summed E-state index contributed by atoms with van der Waals surface area (Å²) in [5, 5.41) is 5.19. The highest BCUT2D eigenvalue weighted by molar-refractivity contribution is 6.17. The molecule has 0 fully saturated rings. The molecule has 0 aromatic carbocycles. The summed E-state index contributed by atoms with van der Waals surface area (Å²) in [6.07, 6.45) is 1.76. The lowest BCUT2D eigenvalue weighted by Crippen LogP contribution is -2.37. The Labute approximate surface area is 101 Å². The van der Waals surface area contributed by atoms with Gasteiger partial charge in [0.15, 0.2) is 0 Å². The maximum atomic E-state index is 11.2. The molecule has 0 rings (SSSR count). The van der Waals surface area contributed by atoms with Crippen LogP contribution in [0.4, 0.5) is 0 Å². The largest absolute Gasteiger partial charge is 0.385 e. The molecular weight excluding hydrogens is 232 g/mol. The van der Waals surface area contributed by atoms with Gasteiger partial charge in [0.25, 0.3) is 0 Å². The first kappa shape index (κ1) is 15.2. The Balaban J connectivity index is 3.38. The van der Waals surface area contributed by atoms with Gasteiger partial charge in [-0.1, -0.05) is 0 Å². The van der Waals surface area contributed by atoms with E-state index in [0.717, 1.165) is 6.42 Å². The van der Waals surface area contributed by atoms with Gasteiger partial charge in [0.05, 0.1) is 6.54 Å². The van der Waals surface area contributed by atoms with Gasteiger partial charge in [-0.15, -0.1) is 11.6 Å². The van der Waals surface area contributed by atoms with Crippen LogP contribution in [0.25, 0.3) is 0 Å². The second-order valence-corrected chi connectivity index (χ2v) is 3.64. The molecule has 0 spiro atoms. The van der Waals surface area contributed by atoms with E-state index in [0.29, 0.717) is 31.9 Å². The van der Waals surface area contributed by atoms with E-state index >= 15 is 0 Å². The fraction of sp³-hybridized carbons (Fsp3) is 0.800. The van der Waals surface area contributed by atoms with E-state index in [1.807, 2.05) is 0 Å². The van der Waals surface area contributed by atoms with Crippen LogP contribution >= 0.6 is 11.6 Å². The van der Waals surface area contributed by atoms with Crippen LogP contribution in [0.3, 0.4) is 0 Å². The van der Waals surface area contributed by atoms with Gasteiger partial charge in [0.2, 0.25) is 11.8 Å². The number of amides is 2. The molecular formula is C10H19ClN2O3. The van der Waals surface area contributed by atoms with Gasteiger partial charge in [-0.2, -0.15) is 0 Å². The number of hydrogen-bond donors (Lipinski definition) is 2. The molecule has 0 atom stereocenters. The molecule has 0 heterocycles. The van der Waals surface area contributed by atoms with Crippen LogP contribution in [-0.2, 0) is 14.3 Å². The molecule has 0 unspecified atom stereocenters. The summed E-state index contributed by atoms with van der Waals surface area (Å²) in [7, 11) is 1.61. The molecule has 0 aliphatic carbocycles. The van der Waals surface area contributed by atoms with Gasteiger partial charge in [-0.05, 0) is 12.8 Å². The SMILES string of the molecule is COCCCNC(=O)CNC(=O)CCCCl. The molecule has 0 saturated heterocycles. The molecule has 0 aliphatic rings. The van der Waals surface area contributed by atoms with E-state index in [2.05, 4.69) is 10.6 Å². The number of methoxy groups -OCH3 is 1. The fourth-order valence-corrected chi connectivity index (χ4v) is 1.14.